The van der Waals surface area contributed by atoms with Gasteiger partial charge in [-0.1, -0.05) is 12.1 Å². The number of carbonyl (C=O) groups excluding carboxylic acids is 1. The molecule has 0 heterocycles. The maximum absolute atomic E-state index is 11.0. The predicted octanol–water partition coefficient (Wildman–Crippen LogP) is 2.37. The second kappa shape index (κ2) is 5.66. The average molecular weight is 221 g/mol. The number of hydrogen-bond donors (Lipinski definition) is 1. The van der Waals surface area contributed by atoms with Crippen LogP contribution in [0.3, 0.4) is 0 Å². The van der Waals surface area contributed by atoms with Crippen LogP contribution in [0.15, 0.2) is 18.2 Å². The summed E-state index contributed by atoms with van der Waals surface area (Å²) in [5.74, 6) is 0.986. The highest BCUT2D eigenvalue weighted by atomic mass is 16.5. The van der Waals surface area contributed by atoms with Gasteiger partial charge in [-0.25, -0.2) is 0 Å². The van der Waals surface area contributed by atoms with Crippen LogP contribution in [0, 0.1) is 6.92 Å². The molecule has 3 nitrogen and oxygen atoms in total. The standard InChI is InChI=1S/C13H19NO2/c1-4-16-13-6-5-11(7-9(13)2)12(14)8-10(3)15/h5-7,12H,4,8,14H2,1-3H3. The summed E-state index contributed by atoms with van der Waals surface area (Å²) in [5, 5.41) is 0. The van der Waals surface area contributed by atoms with Crippen LogP contribution in [0.5, 0.6) is 5.75 Å². The molecule has 0 saturated carbocycles. The first-order valence-corrected chi connectivity index (χ1v) is 5.53. The summed E-state index contributed by atoms with van der Waals surface area (Å²) >= 11 is 0. The van der Waals surface area contributed by atoms with Gasteiger partial charge >= 0.3 is 0 Å². The maximum atomic E-state index is 11.0. The first-order valence-electron chi connectivity index (χ1n) is 5.53. The van der Waals surface area contributed by atoms with E-state index >= 15 is 0 Å². The molecule has 0 aromatic heterocycles. The van der Waals surface area contributed by atoms with Gasteiger partial charge in [0.15, 0.2) is 0 Å². The van der Waals surface area contributed by atoms with E-state index in [9.17, 15) is 4.79 Å². The number of ketones is 1. The Bertz CT molecular complexity index is 374. The number of aryl methyl sites for hydroxylation is 1. The van der Waals surface area contributed by atoms with E-state index in [1.54, 1.807) is 6.92 Å². The number of rotatable bonds is 5. The van der Waals surface area contributed by atoms with Crippen molar-refractivity contribution in [1.82, 2.24) is 0 Å². The fourth-order valence-corrected chi connectivity index (χ4v) is 1.65. The molecule has 1 rings (SSSR count). The van der Waals surface area contributed by atoms with E-state index in [1.807, 2.05) is 32.0 Å². The molecule has 0 radical (unpaired) electrons. The second-order valence-electron chi connectivity index (χ2n) is 3.97. The van der Waals surface area contributed by atoms with E-state index in [4.69, 9.17) is 10.5 Å². The van der Waals surface area contributed by atoms with Crippen molar-refractivity contribution in [1.29, 1.82) is 0 Å². The molecule has 0 saturated heterocycles. The average Bonchev–Trinajstić information content (AvgIpc) is 2.20. The quantitative estimate of drug-likeness (QED) is 0.830. The van der Waals surface area contributed by atoms with Gasteiger partial charge in [-0.15, -0.1) is 0 Å². The van der Waals surface area contributed by atoms with Crippen molar-refractivity contribution >= 4 is 5.78 Å². The molecule has 1 aromatic carbocycles. The van der Waals surface area contributed by atoms with Crippen molar-refractivity contribution in [2.24, 2.45) is 5.73 Å². The Morgan fingerprint density at radius 2 is 2.19 bits per heavy atom. The predicted molar refractivity (Wildman–Crippen MR) is 64.6 cm³/mol. The summed E-state index contributed by atoms with van der Waals surface area (Å²) in [6.45, 7) is 6.14. The van der Waals surface area contributed by atoms with Gasteiger partial charge in [-0.05, 0) is 38.0 Å². The highest BCUT2D eigenvalue weighted by Crippen LogP contribution is 2.23. The van der Waals surface area contributed by atoms with E-state index < -0.39 is 0 Å². The molecule has 0 fully saturated rings. The third kappa shape index (κ3) is 3.35. The van der Waals surface area contributed by atoms with Gasteiger partial charge in [0.25, 0.3) is 0 Å². The maximum Gasteiger partial charge on any atom is 0.131 e. The molecule has 0 spiro atoms. The lowest BCUT2D eigenvalue weighted by Gasteiger charge is -2.13. The van der Waals surface area contributed by atoms with Crippen molar-refractivity contribution in [3.05, 3.63) is 29.3 Å². The van der Waals surface area contributed by atoms with Crippen molar-refractivity contribution in [3.63, 3.8) is 0 Å². The lowest BCUT2D eigenvalue weighted by atomic mass is 10.0. The highest BCUT2D eigenvalue weighted by molar-refractivity contribution is 5.76. The number of carbonyl (C=O) groups is 1. The first kappa shape index (κ1) is 12.7. The Hall–Kier alpha value is -1.35. The van der Waals surface area contributed by atoms with Crippen molar-refractivity contribution < 1.29 is 9.53 Å². The minimum absolute atomic E-state index is 0.110. The van der Waals surface area contributed by atoms with Crippen LogP contribution in [-0.2, 0) is 4.79 Å². The minimum Gasteiger partial charge on any atom is -0.494 e. The molecule has 16 heavy (non-hydrogen) atoms. The minimum atomic E-state index is -0.216. The lowest BCUT2D eigenvalue weighted by molar-refractivity contribution is -0.117. The monoisotopic (exact) mass is 221 g/mol. The van der Waals surface area contributed by atoms with Crippen LogP contribution in [-0.4, -0.2) is 12.4 Å². The molecule has 88 valence electrons. The lowest BCUT2D eigenvalue weighted by Crippen LogP contribution is -2.14. The van der Waals surface area contributed by atoms with E-state index in [-0.39, 0.29) is 11.8 Å². The largest absolute Gasteiger partial charge is 0.494 e. The Kier molecular flexibility index (Phi) is 4.50. The van der Waals surface area contributed by atoms with Gasteiger partial charge in [0.05, 0.1) is 6.61 Å². The molecule has 2 N–H and O–H groups in total. The van der Waals surface area contributed by atoms with Crippen LogP contribution in [0.2, 0.25) is 0 Å². The van der Waals surface area contributed by atoms with Crippen LogP contribution < -0.4 is 10.5 Å². The summed E-state index contributed by atoms with van der Waals surface area (Å²) < 4.78 is 5.44. The molecular weight excluding hydrogens is 202 g/mol. The molecule has 1 atom stereocenters. The van der Waals surface area contributed by atoms with Gasteiger partial charge in [0, 0.05) is 12.5 Å². The molecule has 0 bridgehead atoms. The molecule has 3 heteroatoms. The van der Waals surface area contributed by atoms with Crippen LogP contribution in [0.25, 0.3) is 0 Å². The zero-order valence-electron chi connectivity index (χ0n) is 10.1. The molecule has 0 amide bonds. The van der Waals surface area contributed by atoms with Gasteiger partial charge in [-0.3, -0.25) is 4.79 Å². The van der Waals surface area contributed by atoms with E-state index in [1.165, 1.54) is 0 Å². The van der Waals surface area contributed by atoms with Gasteiger partial charge in [0.2, 0.25) is 0 Å². The Morgan fingerprint density at radius 1 is 1.50 bits per heavy atom. The highest BCUT2D eigenvalue weighted by Gasteiger charge is 2.10. The molecule has 1 unspecified atom stereocenters. The molecule has 0 aliphatic carbocycles. The van der Waals surface area contributed by atoms with Crippen molar-refractivity contribution in [3.8, 4) is 5.75 Å². The number of hydrogen-bond acceptors (Lipinski definition) is 3. The van der Waals surface area contributed by atoms with Gasteiger partial charge in [0.1, 0.15) is 11.5 Å². The van der Waals surface area contributed by atoms with Crippen molar-refractivity contribution in [2.45, 2.75) is 33.2 Å². The van der Waals surface area contributed by atoms with Crippen LogP contribution in [0.1, 0.15) is 37.4 Å². The van der Waals surface area contributed by atoms with Crippen LogP contribution in [0.4, 0.5) is 0 Å². The smallest absolute Gasteiger partial charge is 0.131 e. The normalized spacial score (nSPS) is 12.2. The summed E-state index contributed by atoms with van der Waals surface area (Å²) in [6.07, 6.45) is 0.382. The molecular formula is C13H19NO2. The SMILES string of the molecule is CCOc1ccc(C(N)CC(C)=O)cc1C. The zero-order valence-corrected chi connectivity index (χ0v) is 10.1. The molecule has 0 aliphatic heterocycles. The second-order valence-corrected chi connectivity index (χ2v) is 3.97. The number of benzene rings is 1. The summed E-state index contributed by atoms with van der Waals surface area (Å²) in [7, 11) is 0. The van der Waals surface area contributed by atoms with E-state index in [0.29, 0.717) is 13.0 Å². The molecule has 0 aliphatic rings. The van der Waals surface area contributed by atoms with Crippen LogP contribution >= 0.6 is 0 Å². The molecule has 1 aromatic rings. The van der Waals surface area contributed by atoms with Crippen molar-refractivity contribution in [2.75, 3.05) is 6.61 Å². The topological polar surface area (TPSA) is 52.3 Å². The summed E-state index contributed by atoms with van der Waals surface area (Å²) in [5.41, 5.74) is 7.96. The Labute approximate surface area is 96.6 Å². The summed E-state index contributed by atoms with van der Waals surface area (Å²) in [6, 6.07) is 5.60. The first-order chi connectivity index (χ1) is 7.54. The third-order valence-electron chi connectivity index (χ3n) is 2.43. The number of ether oxygens (including phenoxy) is 1. The Morgan fingerprint density at radius 3 is 2.69 bits per heavy atom. The zero-order chi connectivity index (χ0) is 12.1. The fraction of sp³-hybridized carbons (Fsp3) is 0.462. The Balaban J connectivity index is 2.83. The summed E-state index contributed by atoms with van der Waals surface area (Å²) in [4.78, 5) is 11.0. The third-order valence-corrected chi connectivity index (χ3v) is 2.43. The fourth-order valence-electron chi connectivity index (χ4n) is 1.65. The van der Waals surface area contributed by atoms with Gasteiger partial charge < -0.3 is 10.5 Å². The van der Waals surface area contributed by atoms with Gasteiger partial charge in [-0.2, -0.15) is 0 Å². The number of nitrogens with two attached hydrogens (primary N) is 1. The van der Waals surface area contributed by atoms with E-state index in [0.717, 1.165) is 16.9 Å². The van der Waals surface area contributed by atoms with E-state index in [2.05, 4.69) is 0 Å². The number of Topliss-reactive ketones (excluding diaryl/α,β-unsaturated/α-hetero) is 1.